The predicted octanol–water partition coefficient (Wildman–Crippen LogP) is 3.70. The van der Waals surface area contributed by atoms with Crippen LogP contribution in [0.5, 0.6) is 0 Å². The summed E-state index contributed by atoms with van der Waals surface area (Å²) in [4.78, 5) is 25.1. The Labute approximate surface area is 142 Å². The number of hydrogen-bond donors (Lipinski definition) is 1. The second kappa shape index (κ2) is 8.82. The van der Waals surface area contributed by atoms with Crippen molar-refractivity contribution >= 4 is 33.3 Å². The number of aromatic nitrogens is 2. The van der Waals surface area contributed by atoms with Crippen molar-refractivity contribution in [1.29, 1.82) is 0 Å². The number of anilines is 1. The van der Waals surface area contributed by atoms with Gasteiger partial charge < -0.3 is 10.2 Å². The lowest BCUT2D eigenvalue weighted by molar-refractivity contribution is -0.130. The Balaban J connectivity index is 1.93. The van der Waals surface area contributed by atoms with Crippen LogP contribution in [0, 0.1) is 0 Å². The van der Waals surface area contributed by atoms with E-state index in [4.69, 9.17) is 0 Å². The van der Waals surface area contributed by atoms with Crippen molar-refractivity contribution in [2.75, 3.05) is 25.0 Å². The highest BCUT2D eigenvalue weighted by atomic mass is 32.1. The standard InChI is InChI=1S/C17H26N4OS/c1-4-7-10-21(6-3)15(22)8-9-18-16-14-11-13(5-2)23-17(14)20-12-19-16/h11-12H,4-10H2,1-3H3,(H,18,19,20). The monoisotopic (exact) mass is 334 g/mol. The Morgan fingerprint density at radius 1 is 1.30 bits per heavy atom. The van der Waals surface area contributed by atoms with Gasteiger partial charge in [0.2, 0.25) is 5.91 Å². The SMILES string of the molecule is CCCCN(CC)C(=O)CCNc1ncnc2sc(CC)cc12. The first kappa shape index (κ1) is 17.7. The second-order valence-corrected chi connectivity index (χ2v) is 6.63. The maximum Gasteiger partial charge on any atom is 0.224 e. The van der Waals surface area contributed by atoms with Gasteiger partial charge in [-0.25, -0.2) is 9.97 Å². The van der Waals surface area contributed by atoms with Crippen LogP contribution < -0.4 is 5.32 Å². The highest BCUT2D eigenvalue weighted by Gasteiger charge is 2.12. The van der Waals surface area contributed by atoms with Crippen LogP contribution in [0.25, 0.3) is 10.2 Å². The van der Waals surface area contributed by atoms with Crippen LogP contribution >= 0.6 is 11.3 Å². The number of aryl methyl sites for hydroxylation is 1. The maximum atomic E-state index is 12.2. The topological polar surface area (TPSA) is 58.1 Å². The molecule has 0 radical (unpaired) electrons. The summed E-state index contributed by atoms with van der Waals surface area (Å²) in [6.45, 7) is 8.55. The number of fused-ring (bicyclic) bond motifs is 1. The van der Waals surface area contributed by atoms with E-state index in [1.54, 1.807) is 17.7 Å². The van der Waals surface area contributed by atoms with E-state index in [0.717, 1.165) is 48.4 Å². The molecule has 0 bridgehead atoms. The minimum atomic E-state index is 0.207. The van der Waals surface area contributed by atoms with E-state index in [9.17, 15) is 4.79 Å². The van der Waals surface area contributed by atoms with E-state index in [1.807, 2.05) is 11.8 Å². The van der Waals surface area contributed by atoms with Gasteiger partial charge in [-0.05, 0) is 25.8 Å². The third-order valence-electron chi connectivity index (χ3n) is 3.88. The van der Waals surface area contributed by atoms with Crippen molar-refractivity contribution in [1.82, 2.24) is 14.9 Å². The number of carbonyl (C=O) groups excluding carboxylic acids is 1. The summed E-state index contributed by atoms with van der Waals surface area (Å²) in [5.41, 5.74) is 0. The molecule has 0 saturated heterocycles. The number of nitrogens with one attached hydrogen (secondary N) is 1. The number of rotatable bonds is 9. The molecule has 1 amide bonds. The number of amides is 1. The molecule has 6 heteroatoms. The second-order valence-electron chi connectivity index (χ2n) is 5.51. The van der Waals surface area contributed by atoms with Crippen molar-refractivity contribution in [3.05, 3.63) is 17.3 Å². The van der Waals surface area contributed by atoms with Gasteiger partial charge in [0, 0.05) is 30.9 Å². The highest BCUT2D eigenvalue weighted by molar-refractivity contribution is 7.18. The molecule has 2 heterocycles. The first-order valence-corrected chi connectivity index (χ1v) is 9.26. The molecule has 1 N–H and O–H groups in total. The van der Waals surface area contributed by atoms with Crippen LogP contribution in [0.15, 0.2) is 12.4 Å². The van der Waals surface area contributed by atoms with Crippen LogP contribution in [0.3, 0.4) is 0 Å². The summed E-state index contributed by atoms with van der Waals surface area (Å²) in [5, 5.41) is 4.35. The van der Waals surface area contributed by atoms with Gasteiger partial charge in [0.05, 0.1) is 5.39 Å². The number of carbonyl (C=O) groups is 1. The molecule has 2 aromatic heterocycles. The number of hydrogen-bond acceptors (Lipinski definition) is 5. The molecule has 0 atom stereocenters. The van der Waals surface area contributed by atoms with Crippen LogP contribution in [0.1, 0.15) is 44.9 Å². The Morgan fingerprint density at radius 3 is 2.83 bits per heavy atom. The van der Waals surface area contributed by atoms with Gasteiger partial charge in [-0.3, -0.25) is 4.79 Å². The van der Waals surface area contributed by atoms with Gasteiger partial charge in [0.15, 0.2) is 0 Å². The van der Waals surface area contributed by atoms with Crippen molar-refractivity contribution in [3.63, 3.8) is 0 Å². The largest absolute Gasteiger partial charge is 0.369 e. The molecule has 0 aromatic carbocycles. The van der Waals surface area contributed by atoms with Crippen LogP contribution in [0.4, 0.5) is 5.82 Å². The van der Waals surface area contributed by atoms with E-state index in [-0.39, 0.29) is 5.91 Å². The summed E-state index contributed by atoms with van der Waals surface area (Å²) in [6, 6.07) is 2.14. The average molecular weight is 334 g/mol. The summed E-state index contributed by atoms with van der Waals surface area (Å²) >= 11 is 1.70. The molecule has 0 aliphatic rings. The Bertz CT molecular complexity index is 641. The minimum absolute atomic E-state index is 0.207. The van der Waals surface area contributed by atoms with Crippen molar-refractivity contribution in [2.24, 2.45) is 0 Å². The lowest BCUT2D eigenvalue weighted by Crippen LogP contribution is -2.32. The van der Waals surface area contributed by atoms with E-state index >= 15 is 0 Å². The van der Waals surface area contributed by atoms with E-state index in [2.05, 4.69) is 35.2 Å². The predicted molar refractivity (Wildman–Crippen MR) is 97.1 cm³/mol. The lowest BCUT2D eigenvalue weighted by Gasteiger charge is -2.20. The fourth-order valence-electron chi connectivity index (χ4n) is 2.47. The van der Waals surface area contributed by atoms with E-state index < -0.39 is 0 Å². The van der Waals surface area contributed by atoms with Gasteiger partial charge in [0.1, 0.15) is 17.0 Å². The Morgan fingerprint density at radius 2 is 2.13 bits per heavy atom. The Hall–Kier alpha value is -1.69. The molecular weight excluding hydrogens is 308 g/mol. The summed E-state index contributed by atoms with van der Waals surface area (Å²) < 4.78 is 0. The van der Waals surface area contributed by atoms with Gasteiger partial charge in [0.25, 0.3) is 0 Å². The third-order valence-corrected chi connectivity index (χ3v) is 5.06. The van der Waals surface area contributed by atoms with E-state index in [1.165, 1.54) is 4.88 Å². The summed E-state index contributed by atoms with van der Waals surface area (Å²) in [5.74, 6) is 1.04. The average Bonchev–Trinajstić information content (AvgIpc) is 2.99. The van der Waals surface area contributed by atoms with Gasteiger partial charge in [-0.15, -0.1) is 11.3 Å². The Kier molecular flexibility index (Phi) is 6.77. The normalized spacial score (nSPS) is 10.9. The van der Waals surface area contributed by atoms with Gasteiger partial charge in [-0.1, -0.05) is 20.3 Å². The molecule has 0 spiro atoms. The van der Waals surface area contributed by atoms with Crippen LogP contribution in [0.2, 0.25) is 0 Å². The van der Waals surface area contributed by atoms with Crippen molar-refractivity contribution < 1.29 is 4.79 Å². The molecule has 0 fully saturated rings. The first-order chi connectivity index (χ1) is 11.2. The number of thiophene rings is 1. The fraction of sp³-hybridized carbons (Fsp3) is 0.588. The molecule has 2 aromatic rings. The third kappa shape index (κ3) is 4.64. The summed E-state index contributed by atoms with van der Waals surface area (Å²) in [6.07, 6.45) is 5.25. The molecule has 2 rings (SSSR count). The number of nitrogens with zero attached hydrogens (tertiary/aromatic N) is 3. The molecule has 0 unspecified atom stereocenters. The quantitative estimate of drug-likeness (QED) is 0.759. The molecule has 0 aliphatic carbocycles. The zero-order chi connectivity index (χ0) is 16.7. The molecule has 0 aliphatic heterocycles. The lowest BCUT2D eigenvalue weighted by atomic mass is 10.2. The fourth-order valence-corrected chi connectivity index (χ4v) is 3.41. The molecular formula is C17H26N4OS. The molecule has 0 saturated carbocycles. The molecule has 126 valence electrons. The van der Waals surface area contributed by atoms with Gasteiger partial charge in [-0.2, -0.15) is 0 Å². The zero-order valence-electron chi connectivity index (χ0n) is 14.3. The van der Waals surface area contributed by atoms with E-state index in [0.29, 0.717) is 13.0 Å². The summed E-state index contributed by atoms with van der Waals surface area (Å²) in [7, 11) is 0. The van der Waals surface area contributed by atoms with Crippen molar-refractivity contribution in [2.45, 2.75) is 46.5 Å². The maximum absolute atomic E-state index is 12.2. The molecule has 5 nitrogen and oxygen atoms in total. The smallest absolute Gasteiger partial charge is 0.224 e. The minimum Gasteiger partial charge on any atom is -0.369 e. The first-order valence-electron chi connectivity index (χ1n) is 8.44. The van der Waals surface area contributed by atoms with Gasteiger partial charge >= 0.3 is 0 Å². The highest BCUT2D eigenvalue weighted by Crippen LogP contribution is 2.28. The zero-order valence-corrected chi connectivity index (χ0v) is 15.1. The molecule has 23 heavy (non-hydrogen) atoms. The van der Waals surface area contributed by atoms with Crippen LogP contribution in [-0.4, -0.2) is 40.4 Å². The van der Waals surface area contributed by atoms with Crippen molar-refractivity contribution in [3.8, 4) is 0 Å². The van der Waals surface area contributed by atoms with Crippen LogP contribution in [-0.2, 0) is 11.2 Å². The number of unbranched alkanes of at least 4 members (excludes halogenated alkanes) is 1.